The zero-order chi connectivity index (χ0) is 20.4. The molecule has 2 heterocycles. The van der Waals surface area contributed by atoms with Crippen LogP contribution >= 0.6 is 15.9 Å². The number of hydrogen-bond donors (Lipinski definition) is 0. The van der Waals surface area contributed by atoms with E-state index in [0.717, 1.165) is 28.7 Å². The molecule has 9 heteroatoms. The molecule has 1 atom stereocenters. The first-order valence-corrected chi connectivity index (χ1v) is 9.77. The molecule has 5 nitrogen and oxygen atoms in total. The van der Waals surface area contributed by atoms with Crippen molar-refractivity contribution in [1.82, 2.24) is 15.0 Å². The van der Waals surface area contributed by atoms with Crippen molar-refractivity contribution >= 4 is 15.9 Å². The maximum absolute atomic E-state index is 12.7. The topological polar surface area (TPSA) is 51.4 Å². The lowest BCUT2D eigenvalue weighted by Gasteiger charge is -2.32. The van der Waals surface area contributed by atoms with E-state index in [1.54, 1.807) is 0 Å². The van der Waals surface area contributed by atoms with Crippen LogP contribution in [0.5, 0.6) is 0 Å². The molecule has 0 amide bonds. The minimum absolute atomic E-state index is 0.0471. The van der Waals surface area contributed by atoms with Gasteiger partial charge in [-0.25, -0.2) is 0 Å². The number of ether oxygens (including phenoxy) is 1. The quantitative estimate of drug-likeness (QED) is 0.534. The maximum Gasteiger partial charge on any atom is 0.416 e. The molecule has 1 aliphatic rings. The maximum atomic E-state index is 12.7. The first-order valence-electron chi connectivity index (χ1n) is 8.98. The first-order chi connectivity index (χ1) is 13.9. The molecule has 152 valence electrons. The molecule has 0 saturated carbocycles. The van der Waals surface area contributed by atoms with Gasteiger partial charge >= 0.3 is 6.18 Å². The number of rotatable bonds is 4. The normalized spacial score (nSPS) is 18.1. The summed E-state index contributed by atoms with van der Waals surface area (Å²) in [5.41, 5.74) is 0.855. The summed E-state index contributed by atoms with van der Waals surface area (Å²) >= 11 is 3.43. The Kier molecular flexibility index (Phi) is 5.71. The monoisotopic (exact) mass is 467 g/mol. The molecular weight excluding hydrogens is 451 g/mol. The minimum Gasteiger partial charge on any atom is -0.371 e. The molecule has 1 saturated heterocycles. The number of nitrogens with zero attached hydrogens (tertiary/aromatic N) is 3. The number of alkyl halides is 3. The Hall–Kier alpha value is -2.23. The highest BCUT2D eigenvalue weighted by molar-refractivity contribution is 9.10. The van der Waals surface area contributed by atoms with Crippen LogP contribution in [0.25, 0.3) is 11.4 Å². The molecule has 1 fully saturated rings. The van der Waals surface area contributed by atoms with Crippen molar-refractivity contribution in [3.8, 4) is 11.4 Å². The van der Waals surface area contributed by atoms with Gasteiger partial charge in [-0.15, -0.1) is 0 Å². The van der Waals surface area contributed by atoms with Gasteiger partial charge in [-0.05, 0) is 29.8 Å². The van der Waals surface area contributed by atoms with Gasteiger partial charge in [0.2, 0.25) is 11.7 Å². The Morgan fingerprint density at radius 1 is 1.07 bits per heavy atom. The van der Waals surface area contributed by atoms with E-state index in [2.05, 4.69) is 31.0 Å². The fourth-order valence-electron chi connectivity index (χ4n) is 3.16. The smallest absolute Gasteiger partial charge is 0.371 e. The molecule has 1 aliphatic heterocycles. The number of halogens is 4. The Morgan fingerprint density at radius 2 is 1.79 bits per heavy atom. The molecule has 3 aromatic rings. The van der Waals surface area contributed by atoms with Crippen LogP contribution in [0, 0.1) is 0 Å². The number of hydrogen-bond acceptors (Lipinski definition) is 5. The molecule has 0 spiro atoms. The summed E-state index contributed by atoms with van der Waals surface area (Å²) in [7, 11) is 0. The van der Waals surface area contributed by atoms with Crippen LogP contribution in [-0.2, 0) is 17.5 Å². The van der Waals surface area contributed by atoms with Crippen LogP contribution in [0.1, 0.15) is 23.1 Å². The van der Waals surface area contributed by atoms with Crippen LogP contribution in [0.2, 0.25) is 0 Å². The third-order valence-electron chi connectivity index (χ3n) is 4.69. The zero-order valence-electron chi connectivity index (χ0n) is 15.2. The lowest BCUT2D eigenvalue weighted by molar-refractivity contribution is -0.137. The predicted octanol–water partition coefficient (Wildman–Crippen LogP) is 5.09. The summed E-state index contributed by atoms with van der Waals surface area (Å²) < 4.78 is 50.3. The Bertz CT molecular complexity index is 958. The molecule has 2 aromatic carbocycles. The average Bonchev–Trinajstić information content (AvgIpc) is 3.17. The lowest BCUT2D eigenvalue weighted by Crippen LogP contribution is -2.37. The van der Waals surface area contributed by atoms with E-state index in [0.29, 0.717) is 31.2 Å². The molecular formula is C20H17BrF3N3O2. The van der Waals surface area contributed by atoms with E-state index in [1.807, 2.05) is 24.3 Å². The Labute approximate surface area is 173 Å². The molecule has 0 radical (unpaired) electrons. The standard InChI is InChI=1S/C20H17BrF3N3O2/c21-16-7-3-13(4-8-16)17-11-27(9-10-28-17)12-18-25-19(26-29-18)14-1-5-15(6-2-14)20(22,23)24/h1-8,17H,9-12H2. The van der Waals surface area contributed by atoms with Gasteiger partial charge in [-0.3, -0.25) is 4.90 Å². The van der Waals surface area contributed by atoms with Gasteiger partial charge < -0.3 is 9.26 Å². The van der Waals surface area contributed by atoms with E-state index in [1.165, 1.54) is 12.1 Å². The fourth-order valence-corrected chi connectivity index (χ4v) is 3.43. The van der Waals surface area contributed by atoms with Crippen LogP contribution in [0.3, 0.4) is 0 Å². The van der Waals surface area contributed by atoms with Gasteiger partial charge in [0.25, 0.3) is 0 Å². The van der Waals surface area contributed by atoms with E-state index < -0.39 is 11.7 Å². The summed E-state index contributed by atoms with van der Waals surface area (Å²) in [6.07, 6.45) is -4.42. The van der Waals surface area contributed by atoms with Crippen molar-refractivity contribution in [3.05, 3.63) is 70.0 Å². The molecule has 0 aliphatic carbocycles. The van der Waals surface area contributed by atoms with Gasteiger partial charge in [0.05, 0.1) is 24.8 Å². The summed E-state index contributed by atoms with van der Waals surface area (Å²) in [5, 5.41) is 3.90. The van der Waals surface area contributed by atoms with Crippen molar-refractivity contribution in [2.45, 2.75) is 18.8 Å². The van der Waals surface area contributed by atoms with Gasteiger partial charge in [0.1, 0.15) is 0 Å². The van der Waals surface area contributed by atoms with Crippen molar-refractivity contribution in [2.24, 2.45) is 0 Å². The highest BCUT2D eigenvalue weighted by Crippen LogP contribution is 2.30. The molecule has 0 N–H and O–H groups in total. The molecule has 0 bridgehead atoms. The third kappa shape index (κ3) is 4.85. The van der Waals surface area contributed by atoms with E-state index >= 15 is 0 Å². The highest BCUT2D eigenvalue weighted by atomic mass is 79.9. The predicted molar refractivity (Wildman–Crippen MR) is 103 cm³/mol. The van der Waals surface area contributed by atoms with Crippen LogP contribution in [-0.4, -0.2) is 34.7 Å². The summed E-state index contributed by atoms with van der Waals surface area (Å²) in [6.45, 7) is 2.44. The Balaban J connectivity index is 1.41. The highest BCUT2D eigenvalue weighted by Gasteiger charge is 2.30. The van der Waals surface area contributed by atoms with Crippen molar-refractivity contribution in [1.29, 1.82) is 0 Å². The third-order valence-corrected chi connectivity index (χ3v) is 5.22. The molecule has 1 unspecified atom stereocenters. The average molecular weight is 468 g/mol. The van der Waals surface area contributed by atoms with E-state index in [4.69, 9.17) is 9.26 Å². The zero-order valence-corrected chi connectivity index (χ0v) is 16.8. The van der Waals surface area contributed by atoms with E-state index in [9.17, 15) is 13.2 Å². The fraction of sp³-hybridized carbons (Fsp3) is 0.300. The summed E-state index contributed by atoms with van der Waals surface area (Å²) in [4.78, 5) is 6.48. The second-order valence-corrected chi connectivity index (χ2v) is 7.65. The number of benzene rings is 2. The minimum atomic E-state index is -4.37. The Morgan fingerprint density at radius 3 is 2.48 bits per heavy atom. The van der Waals surface area contributed by atoms with Crippen molar-refractivity contribution in [3.63, 3.8) is 0 Å². The van der Waals surface area contributed by atoms with Crippen LogP contribution in [0.4, 0.5) is 13.2 Å². The van der Waals surface area contributed by atoms with Gasteiger partial charge in [0, 0.05) is 23.1 Å². The second-order valence-electron chi connectivity index (χ2n) is 6.73. The SMILES string of the molecule is FC(F)(F)c1ccc(-c2noc(CN3CCOC(c4ccc(Br)cc4)C3)n2)cc1. The number of morpholine rings is 1. The van der Waals surface area contributed by atoms with Gasteiger partial charge in [-0.1, -0.05) is 45.4 Å². The van der Waals surface area contributed by atoms with Gasteiger partial charge in [0.15, 0.2) is 0 Å². The van der Waals surface area contributed by atoms with Crippen molar-refractivity contribution in [2.75, 3.05) is 19.7 Å². The summed E-state index contributed by atoms with van der Waals surface area (Å²) in [5.74, 6) is 0.683. The molecule has 1 aromatic heterocycles. The first kappa shape index (κ1) is 20.1. The van der Waals surface area contributed by atoms with E-state index in [-0.39, 0.29) is 11.9 Å². The second kappa shape index (κ2) is 8.25. The summed E-state index contributed by atoms with van der Waals surface area (Å²) in [6, 6.07) is 12.7. The van der Waals surface area contributed by atoms with Crippen molar-refractivity contribution < 1.29 is 22.4 Å². The largest absolute Gasteiger partial charge is 0.416 e. The van der Waals surface area contributed by atoms with Crippen LogP contribution < -0.4 is 0 Å². The van der Waals surface area contributed by atoms with Gasteiger partial charge in [-0.2, -0.15) is 18.2 Å². The number of aromatic nitrogens is 2. The molecule has 29 heavy (non-hydrogen) atoms. The van der Waals surface area contributed by atoms with Crippen LogP contribution in [0.15, 0.2) is 57.5 Å². The lowest BCUT2D eigenvalue weighted by atomic mass is 10.1. The molecule has 4 rings (SSSR count).